The molecule has 0 aromatic heterocycles. The number of carbonyl (C=O) groups is 1. The fourth-order valence-corrected chi connectivity index (χ4v) is 2.84. The quantitative estimate of drug-likeness (QED) is 0.876. The van der Waals surface area contributed by atoms with Crippen LogP contribution in [0.15, 0.2) is 24.3 Å². The molecule has 3 nitrogen and oxygen atoms in total. The molecule has 0 radical (unpaired) electrons. The van der Waals surface area contributed by atoms with Gasteiger partial charge in [-0.2, -0.15) is 0 Å². The number of aliphatic hydroxyl groups is 1. The monoisotopic (exact) mass is 262 g/mol. The molecule has 0 bridgehead atoms. The molecule has 1 aliphatic carbocycles. The Morgan fingerprint density at radius 1 is 1.21 bits per heavy atom. The average Bonchev–Trinajstić information content (AvgIpc) is 2.47. The molecule has 2 rings (SSSR count). The number of aliphatic carboxylic acids is 1. The van der Waals surface area contributed by atoms with Crippen molar-refractivity contribution in [2.75, 3.05) is 6.61 Å². The Bertz CT molecular complexity index is 432. The fourth-order valence-electron chi connectivity index (χ4n) is 2.84. The first kappa shape index (κ1) is 14.1. The van der Waals surface area contributed by atoms with Gasteiger partial charge in [-0.25, -0.2) is 0 Å². The van der Waals surface area contributed by atoms with Gasteiger partial charge in [0.2, 0.25) is 0 Å². The highest BCUT2D eigenvalue weighted by Gasteiger charge is 2.34. The summed E-state index contributed by atoms with van der Waals surface area (Å²) in [6.07, 6.45) is 6.37. The van der Waals surface area contributed by atoms with Crippen molar-refractivity contribution >= 4 is 5.97 Å². The van der Waals surface area contributed by atoms with Gasteiger partial charge in [-0.05, 0) is 36.8 Å². The third-order valence-corrected chi connectivity index (χ3v) is 4.41. The van der Waals surface area contributed by atoms with Gasteiger partial charge in [0.1, 0.15) is 5.41 Å². The van der Waals surface area contributed by atoms with Crippen LogP contribution in [0, 0.1) is 0 Å². The van der Waals surface area contributed by atoms with E-state index in [2.05, 4.69) is 0 Å². The predicted octanol–water partition coefficient (Wildman–Crippen LogP) is 3.07. The molecule has 2 N–H and O–H groups in total. The van der Waals surface area contributed by atoms with Gasteiger partial charge in [-0.3, -0.25) is 4.79 Å². The number of benzene rings is 1. The van der Waals surface area contributed by atoms with Crippen LogP contribution < -0.4 is 0 Å². The van der Waals surface area contributed by atoms with E-state index < -0.39 is 11.4 Å². The number of hydrogen-bond donors (Lipinski definition) is 2. The highest BCUT2D eigenvalue weighted by Crippen LogP contribution is 2.33. The topological polar surface area (TPSA) is 57.5 Å². The molecule has 104 valence electrons. The Morgan fingerprint density at radius 3 is 2.26 bits per heavy atom. The van der Waals surface area contributed by atoms with Crippen LogP contribution in [0.25, 0.3) is 0 Å². The number of rotatable bonds is 4. The zero-order chi connectivity index (χ0) is 13.9. The molecule has 0 saturated heterocycles. The van der Waals surface area contributed by atoms with E-state index in [-0.39, 0.29) is 6.61 Å². The van der Waals surface area contributed by atoms with Crippen LogP contribution in [-0.2, 0) is 10.2 Å². The van der Waals surface area contributed by atoms with Crippen molar-refractivity contribution in [1.82, 2.24) is 0 Å². The summed E-state index contributed by atoms with van der Waals surface area (Å²) in [5.74, 6) is -0.367. The van der Waals surface area contributed by atoms with Crippen LogP contribution in [0.3, 0.4) is 0 Å². The number of carboxylic acids is 1. The van der Waals surface area contributed by atoms with E-state index in [1.54, 1.807) is 6.92 Å². The third kappa shape index (κ3) is 2.81. The minimum atomic E-state index is -1.20. The van der Waals surface area contributed by atoms with Crippen LogP contribution in [0.5, 0.6) is 0 Å². The van der Waals surface area contributed by atoms with E-state index in [4.69, 9.17) is 0 Å². The molecule has 19 heavy (non-hydrogen) atoms. The summed E-state index contributed by atoms with van der Waals surface area (Å²) in [6.45, 7) is 1.18. The second kappa shape index (κ2) is 5.74. The first-order valence-electron chi connectivity index (χ1n) is 7.02. The van der Waals surface area contributed by atoms with Crippen molar-refractivity contribution in [3.8, 4) is 0 Å². The van der Waals surface area contributed by atoms with Gasteiger partial charge in [0.15, 0.2) is 0 Å². The van der Waals surface area contributed by atoms with E-state index in [0.717, 1.165) is 0 Å². The molecule has 1 unspecified atom stereocenters. The molecular formula is C16H22O3. The lowest BCUT2D eigenvalue weighted by atomic mass is 9.80. The molecule has 0 spiro atoms. The minimum absolute atomic E-state index is 0.384. The normalized spacial score (nSPS) is 19.9. The lowest BCUT2D eigenvalue weighted by Gasteiger charge is -2.25. The van der Waals surface area contributed by atoms with Gasteiger partial charge in [0.05, 0.1) is 6.61 Å². The maximum absolute atomic E-state index is 11.3. The molecule has 3 heteroatoms. The molecule has 1 fully saturated rings. The first-order chi connectivity index (χ1) is 9.08. The van der Waals surface area contributed by atoms with Gasteiger partial charge in [0, 0.05) is 0 Å². The molecule has 0 amide bonds. The van der Waals surface area contributed by atoms with Crippen molar-refractivity contribution < 1.29 is 15.0 Å². The summed E-state index contributed by atoms with van der Waals surface area (Å²) in [7, 11) is 0. The SMILES string of the molecule is CC(CO)(C(=O)O)c1ccc(C2CCCCC2)cc1. The summed E-state index contributed by atoms with van der Waals surface area (Å²) >= 11 is 0. The summed E-state index contributed by atoms with van der Waals surface area (Å²) < 4.78 is 0. The number of carboxylic acid groups (broad SMARTS) is 1. The highest BCUT2D eigenvalue weighted by atomic mass is 16.4. The van der Waals surface area contributed by atoms with Gasteiger partial charge >= 0.3 is 5.97 Å². The minimum Gasteiger partial charge on any atom is -0.481 e. The molecule has 0 aliphatic heterocycles. The van der Waals surface area contributed by atoms with Crippen molar-refractivity contribution in [3.05, 3.63) is 35.4 Å². The van der Waals surface area contributed by atoms with E-state index >= 15 is 0 Å². The van der Waals surface area contributed by atoms with E-state index in [0.29, 0.717) is 11.5 Å². The van der Waals surface area contributed by atoms with Gasteiger partial charge in [-0.1, -0.05) is 43.5 Å². The lowest BCUT2D eigenvalue weighted by molar-refractivity contribution is -0.144. The standard InChI is InChI=1S/C16H22O3/c1-16(11-17,15(18)19)14-9-7-13(8-10-14)12-5-3-2-4-6-12/h7-10,12,17H,2-6,11H2,1H3,(H,18,19). The van der Waals surface area contributed by atoms with Crippen LogP contribution in [0.1, 0.15) is 56.1 Å². The zero-order valence-electron chi connectivity index (χ0n) is 11.4. The molecular weight excluding hydrogens is 240 g/mol. The van der Waals surface area contributed by atoms with Gasteiger partial charge < -0.3 is 10.2 Å². The smallest absolute Gasteiger partial charge is 0.316 e. The Labute approximate surface area is 114 Å². The average molecular weight is 262 g/mol. The Morgan fingerprint density at radius 2 is 1.79 bits per heavy atom. The largest absolute Gasteiger partial charge is 0.481 e. The third-order valence-electron chi connectivity index (χ3n) is 4.41. The summed E-state index contributed by atoms with van der Waals surface area (Å²) in [5.41, 5.74) is 0.765. The second-order valence-corrected chi connectivity index (χ2v) is 5.75. The van der Waals surface area contributed by atoms with E-state index in [1.165, 1.54) is 37.7 Å². The molecule has 0 heterocycles. The Hall–Kier alpha value is -1.35. The highest BCUT2D eigenvalue weighted by molar-refractivity contribution is 5.81. The predicted molar refractivity (Wildman–Crippen MR) is 74.3 cm³/mol. The van der Waals surface area contributed by atoms with E-state index in [9.17, 15) is 15.0 Å². The molecule has 1 aromatic carbocycles. The van der Waals surface area contributed by atoms with Crippen LogP contribution in [0.4, 0.5) is 0 Å². The summed E-state index contributed by atoms with van der Waals surface area (Å²) in [6, 6.07) is 7.77. The summed E-state index contributed by atoms with van der Waals surface area (Å²) in [5, 5.41) is 18.6. The first-order valence-corrected chi connectivity index (χ1v) is 7.02. The van der Waals surface area contributed by atoms with Gasteiger partial charge in [0.25, 0.3) is 0 Å². The lowest BCUT2D eigenvalue weighted by Crippen LogP contribution is -2.36. The van der Waals surface area contributed by atoms with Gasteiger partial charge in [-0.15, -0.1) is 0 Å². The maximum Gasteiger partial charge on any atom is 0.316 e. The molecule has 1 aromatic rings. The zero-order valence-corrected chi connectivity index (χ0v) is 11.4. The Kier molecular flexibility index (Phi) is 4.25. The van der Waals surface area contributed by atoms with Crippen LogP contribution in [0.2, 0.25) is 0 Å². The van der Waals surface area contributed by atoms with Crippen LogP contribution >= 0.6 is 0 Å². The summed E-state index contributed by atoms with van der Waals surface area (Å²) in [4.78, 5) is 11.3. The molecule has 1 saturated carbocycles. The van der Waals surface area contributed by atoms with Crippen LogP contribution in [-0.4, -0.2) is 22.8 Å². The van der Waals surface area contributed by atoms with E-state index in [1.807, 2.05) is 24.3 Å². The molecule has 1 aliphatic rings. The van der Waals surface area contributed by atoms with Crippen molar-refractivity contribution in [2.45, 2.75) is 50.4 Å². The van der Waals surface area contributed by atoms with Crippen molar-refractivity contribution in [2.24, 2.45) is 0 Å². The number of aliphatic hydroxyl groups excluding tert-OH is 1. The van der Waals surface area contributed by atoms with Crippen molar-refractivity contribution in [3.63, 3.8) is 0 Å². The molecule has 1 atom stereocenters. The Balaban J connectivity index is 2.20. The van der Waals surface area contributed by atoms with Crippen molar-refractivity contribution in [1.29, 1.82) is 0 Å². The maximum atomic E-state index is 11.3. The second-order valence-electron chi connectivity index (χ2n) is 5.75. The number of hydrogen-bond acceptors (Lipinski definition) is 2. The fraction of sp³-hybridized carbons (Fsp3) is 0.562.